The summed E-state index contributed by atoms with van der Waals surface area (Å²) >= 11 is 0. The van der Waals surface area contributed by atoms with Crippen molar-refractivity contribution < 1.29 is 4.74 Å². The van der Waals surface area contributed by atoms with Crippen molar-refractivity contribution >= 4 is 10.9 Å². The highest BCUT2D eigenvalue weighted by Gasteiger charge is 2.27. The number of benzene rings is 3. The van der Waals surface area contributed by atoms with E-state index in [2.05, 4.69) is 77.0 Å². The van der Waals surface area contributed by atoms with Crippen LogP contribution in [0.25, 0.3) is 22.0 Å². The SMILES string of the molecule is COc1ccc(-c2ccccc2)cc1C1NCCc2c1[nH]c1ccccc21. The maximum atomic E-state index is 5.72. The molecule has 0 radical (unpaired) electrons. The Morgan fingerprint density at radius 3 is 2.56 bits per heavy atom. The summed E-state index contributed by atoms with van der Waals surface area (Å²) in [6, 6.07) is 25.6. The Hall–Kier alpha value is -3.04. The Labute approximate surface area is 159 Å². The lowest BCUT2D eigenvalue weighted by Crippen LogP contribution is -2.30. The molecule has 1 aromatic heterocycles. The van der Waals surface area contributed by atoms with Gasteiger partial charge in [0.05, 0.1) is 13.2 Å². The summed E-state index contributed by atoms with van der Waals surface area (Å²) < 4.78 is 5.72. The standard InChI is InChI=1S/C24H22N2O/c1-27-22-12-11-17(16-7-3-2-4-8-16)15-20(22)23-24-19(13-14-25-23)18-9-5-6-10-21(18)26-24/h2-12,15,23,25-26H,13-14H2,1H3. The highest BCUT2D eigenvalue weighted by atomic mass is 16.5. The summed E-state index contributed by atoms with van der Waals surface area (Å²) in [5.74, 6) is 0.915. The molecular weight excluding hydrogens is 332 g/mol. The molecule has 5 rings (SSSR count). The lowest BCUT2D eigenvalue weighted by atomic mass is 9.91. The van der Waals surface area contributed by atoms with Crippen LogP contribution in [-0.2, 0) is 6.42 Å². The molecule has 3 heteroatoms. The maximum Gasteiger partial charge on any atom is 0.124 e. The minimum atomic E-state index is 0.0970. The van der Waals surface area contributed by atoms with Gasteiger partial charge in [0, 0.05) is 28.7 Å². The van der Waals surface area contributed by atoms with E-state index in [1.807, 2.05) is 6.07 Å². The summed E-state index contributed by atoms with van der Waals surface area (Å²) in [6.07, 6.45) is 1.04. The number of para-hydroxylation sites is 1. The van der Waals surface area contributed by atoms with Crippen LogP contribution in [0.3, 0.4) is 0 Å². The molecule has 0 saturated heterocycles. The second kappa shape index (κ2) is 6.60. The Balaban J connectivity index is 1.67. The van der Waals surface area contributed by atoms with Crippen molar-refractivity contribution in [3.05, 3.63) is 89.6 Å². The summed E-state index contributed by atoms with van der Waals surface area (Å²) in [4.78, 5) is 3.66. The number of H-pyrrole nitrogens is 1. The highest BCUT2D eigenvalue weighted by Crippen LogP contribution is 2.38. The predicted molar refractivity (Wildman–Crippen MR) is 110 cm³/mol. The number of aromatic nitrogens is 1. The molecule has 2 N–H and O–H groups in total. The molecule has 0 bridgehead atoms. The first-order valence-electron chi connectivity index (χ1n) is 9.41. The molecule has 1 aliphatic heterocycles. The Bertz CT molecular complexity index is 1100. The molecule has 0 fully saturated rings. The number of methoxy groups -OCH3 is 1. The van der Waals surface area contributed by atoms with Crippen LogP contribution in [0.1, 0.15) is 22.9 Å². The molecule has 27 heavy (non-hydrogen) atoms. The second-order valence-corrected chi connectivity index (χ2v) is 7.02. The monoisotopic (exact) mass is 354 g/mol. The fourth-order valence-electron chi connectivity index (χ4n) is 4.22. The number of hydrogen-bond acceptors (Lipinski definition) is 2. The zero-order valence-electron chi connectivity index (χ0n) is 15.3. The lowest BCUT2D eigenvalue weighted by Gasteiger charge is -2.26. The van der Waals surface area contributed by atoms with Gasteiger partial charge < -0.3 is 15.0 Å². The van der Waals surface area contributed by atoms with Crippen molar-refractivity contribution in [3.63, 3.8) is 0 Å². The van der Waals surface area contributed by atoms with Gasteiger partial charge in [-0.15, -0.1) is 0 Å². The van der Waals surface area contributed by atoms with Gasteiger partial charge in [0.2, 0.25) is 0 Å². The normalized spacial score (nSPS) is 16.3. The molecule has 1 unspecified atom stereocenters. The van der Waals surface area contributed by atoms with Gasteiger partial charge in [-0.1, -0.05) is 54.6 Å². The van der Waals surface area contributed by atoms with Crippen molar-refractivity contribution in [1.82, 2.24) is 10.3 Å². The van der Waals surface area contributed by atoms with Crippen LogP contribution in [0.4, 0.5) is 0 Å². The Morgan fingerprint density at radius 2 is 1.70 bits per heavy atom. The van der Waals surface area contributed by atoms with Crippen molar-refractivity contribution in [2.24, 2.45) is 0 Å². The van der Waals surface area contributed by atoms with Crippen molar-refractivity contribution in [1.29, 1.82) is 0 Å². The summed E-state index contributed by atoms with van der Waals surface area (Å²) in [5.41, 5.74) is 7.47. The number of rotatable bonds is 3. The van der Waals surface area contributed by atoms with Crippen LogP contribution in [0, 0.1) is 0 Å². The van der Waals surface area contributed by atoms with Gasteiger partial charge in [0.25, 0.3) is 0 Å². The summed E-state index contributed by atoms with van der Waals surface area (Å²) in [7, 11) is 1.75. The van der Waals surface area contributed by atoms with Crippen molar-refractivity contribution in [3.8, 4) is 16.9 Å². The minimum Gasteiger partial charge on any atom is -0.496 e. The molecule has 1 atom stereocenters. The maximum absolute atomic E-state index is 5.72. The quantitative estimate of drug-likeness (QED) is 0.538. The third-order valence-electron chi connectivity index (χ3n) is 5.51. The molecular formula is C24H22N2O. The highest BCUT2D eigenvalue weighted by molar-refractivity contribution is 5.85. The first-order valence-corrected chi connectivity index (χ1v) is 9.41. The van der Waals surface area contributed by atoms with Crippen LogP contribution < -0.4 is 10.1 Å². The van der Waals surface area contributed by atoms with Gasteiger partial charge in [-0.3, -0.25) is 0 Å². The fraction of sp³-hybridized carbons (Fsp3) is 0.167. The molecule has 2 heterocycles. The van der Waals surface area contributed by atoms with E-state index in [9.17, 15) is 0 Å². The van der Waals surface area contributed by atoms with Gasteiger partial charge in [-0.25, -0.2) is 0 Å². The van der Waals surface area contributed by atoms with Crippen LogP contribution in [0.15, 0.2) is 72.8 Å². The van der Waals surface area contributed by atoms with E-state index < -0.39 is 0 Å². The molecule has 4 aromatic rings. The van der Waals surface area contributed by atoms with Gasteiger partial charge in [-0.05, 0) is 41.3 Å². The van der Waals surface area contributed by atoms with Gasteiger partial charge in [0.1, 0.15) is 5.75 Å². The zero-order chi connectivity index (χ0) is 18.2. The van der Waals surface area contributed by atoms with Crippen LogP contribution in [0.2, 0.25) is 0 Å². The van der Waals surface area contributed by atoms with Crippen LogP contribution in [0.5, 0.6) is 5.75 Å². The van der Waals surface area contributed by atoms with E-state index in [-0.39, 0.29) is 6.04 Å². The molecule has 0 spiro atoms. The van der Waals surface area contributed by atoms with E-state index in [4.69, 9.17) is 4.74 Å². The second-order valence-electron chi connectivity index (χ2n) is 7.02. The zero-order valence-corrected chi connectivity index (χ0v) is 15.3. The summed E-state index contributed by atoms with van der Waals surface area (Å²) in [6.45, 7) is 0.957. The number of fused-ring (bicyclic) bond motifs is 3. The first kappa shape index (κ1) is 16.2. The van der Waals surface area contributed by atoms with E-state index in [1.54, 1.807) is 7.11 Å². The van der Waals surface area contributed by atoms with E-state index >= 15 is 0 Å². The van der Waals surface area contributed by atoms with Crippen LogP contribution in [-0.4, -0.2) is 18.6 Å². The number of hydrogen-bond donors (Lipinski definition) is 2. The third kappa shape index (κ3) is 2.71. The first-order chi connectivity index (χ1) is 13.3. The smallest absolute Gasteiger partial charge is 0.124 e. The Kier molecular flexibility index (Phi) is 3.95. The third-order valence-corrected chi connectivity index (χ3v) is 5.51. The predicted octanol–water partition coefficient (Wildman–Crippen LogP) is 5.08. The van der Waals surface area contributed by atoms with Gasteiger partial charge in [-0.2, -0.15) is 0 Å². The Morgan fingerprint density at radius 1 is 0.889 bits per heavy atom. The molecule has 0 aliphatic carbocycles. The van der Waals surface area contributed by atoms with E-state index in [0.717, 1.165) is 18.7 Å². The number of aromatic amines is 1. The largest absolute Gasteiger partial charge is 0.496 e. The average Bonchev–Trinajstić information content (AvgIpc) is 3.13. The molecule has 134 valence electrons. The molecule has 3 nitrogen and oxygen atoms in total. The fourth-order valence-corrected chi connectivity index (χ4v) is 4.22. The van der Waals surface area contributed by atoms with Crippen molar-refractivity contribution in [2.45, 2.75) is 12.5 Å². The number of nitrogens with one attached hydrogen (secondary N) is 2. The van der Waals surface area contributed by atoms with E-state index in [0.29, 0.717) is 0 Å². The average molecular weight is 354 g/mol. The molecule has 3 aromatic carbocycles. The van der Waals surface area contributed by atoms with E-state index in [1.165, 1.54) is 38.9 Å². The lowest BCUT2D eigenvalue weighted by molar-refractivity contribution is 0.402. The number of ether oxygens (including phenoxy) is 1. The van der Waals surface area contributed by atoms with Crippen LogP contribution >= 0.6 is 0 Å². The molecule has 0 saturated carbocycles. The topological polar surface area (TPSA) is 37.0 Å². The molecule has 0 amide bonds. The summed E-state index contributed by atoms with van der Waals surface area (Å²) in [5, 5.41) is 5.03. The molecule has 1 aliphatic rings. The van der Waals surface area contributed by atoms with Gasteiger partial charge >= 0.3 is 0 Å². The van der Waals surface area contributed by atoms with Gasteiger partial charge in [0.15, 0.2) is 0 Å². The van der Waals surface area contributed by atoms with Crippen molar-refractivity contribution in [2.75, 3.05) is 13.7 Å². The minimum absolute atomic E-state index is 0.0970.